The number of aromatic nitrogens is 1. The minimum absolute atomic E-state index is 0.279. The summed E-state index contributed by atoms with van der Waals surface area (Å²) >= 11 is 3.33. The van der Waals surface area contributed by atoms with Crippen LogP contribution in [0.5, 0.6) is 0 Å². The molecule has 1 aromatic rings. The molecule has 0 aliphatic heterocycles. The summed E-state index contributed by atoms with van der Waals surface area (Å²) < 4.78 is 0.937. The third kappa shape index (κ3) is 4.07. The van der Waals surface area contributed by atoms with Crippen LogP contribution in [0.25, 0.3) is 0 Å². The molecule has 0 saturated carbocycles. The van der Waals surface area contributed by atoms with Gasteiger partial charge in [0.1, 0.15) is 0 Å². The lowest BCUT2D eigenvalue weighted by atomic mass is 10.2. The van der Waals surface area contributed by atoms with Crippen molar-refractivity contribution in [2.75, 3.05) is 11.9 Å². The van der Waals surface area contributed by atoms with Crippen molar-refractivity contribution < 1.29 is 5.11 Å². The van der Waals surface area contributed by atoms with Gasteiger partial charge in [-0.25, -0.2) is 0 Å². The van der Waals surface area contributed by atoms with E-state index >= 15 is 0 Å². The first kappa shape index (κ1) is 11.5. The lowest BCUT2D eigenvalue weighted by Gasteiger charge is -2.11. The molecule has 78 valence electrons. The van der Waals surface area contributed by atoms with Crippen molar-refractivity contribution in [3.63, 3.8) is 0 Å². The Kier molecular flexibility index (Phi) is 4.90. The van der Waals surface area contributed by atoms with E-state index in [1.165, 1.54) is 0 Å². The van der Waals surface area contributed by atoms with Gasteiger partial charge in [-0.15, -0.1) is 0 Å². The summed E-state index contributed by atoms with van der Waals surface area (Å²) in [6.07, 6.45) is 5.02. The molecule has 1 rings (SSSR count). The van der Waals surface area contributed by atoms with E-state index in [9.17, 15) is 5.11 Å². The number of aliphatic hydroxyl groups excluding tert-OH is 1. The van der Waals surface area contributed by atoms with E-state index in [1.54, 1.807) is 12.4 Å². The monoisotopic (exact) mass is 258 g/mol. The molecule has 0 bridgehead atoms. The topological polar surface area (TPSA) is 45.1 Å². The maximum Gasteiger partial charge on any atom is 0.0712 e. The lowest BCUT2D eigenvalue weighted by Crippen LogP contribution is -2.18. The van der Waals surface area contributed by atoms with Gasteiger partial charge in [0.2, 0.25) is 0 Å². The lowest BCUT2D eigenvalue weighted by molar-refractivity contribution is 0.176. The van der Waals surface area contributed by atoms with E-state index in [-0.39, 0.29) is 6.10 Å². The van der Waals surface area contributed by atoms with Crippen molar-refractivity contribution in [1.82, 2.24) is 4.98 Å². The molecule has 0 radical (unpaired) electrons. The molecule has 3 nitrogen and oxygen atoms in total. The zero-order chi connectivity index (χ0) is 10.4. The van der Waals surface area contributed by atoms with Gasteiger partial charge in [0, 0.05) is 17.2 Å². The summed E-state index contributed by atoms with van der Waals surface area (Å²) in [6.45, 7) is 2.63. The Balaban J connectivity index is 2.37. The van der Waals surface area contributed by atoms with Gasteiger partial charge in [0.15, 0.2) is 0 Å². The Hall–Kier alpha value is -0.610. The Labute approximate surface area is 92.7 Å². The summed E-state index contributed by atoms with van der Waals surface area (Å²) in [5.74, 6) is 0. The number of halogens is 1. The molecule has 0 spiro atoms. The number of hydrogen-bond acceptors (Lipinski definition) is 3. The van der Waals surface area contributed by atoms with Crippen LogP contribution in [0.4, 0.5) is 5.69 Å². The zero-order valence-corrected chi connectivity index (χ0v) is 9.79. The summed E-state index contributed by atoms with van der Waals surface area (Å²) in [4.78, 5) is 4.02. The fourth-order valence-corrected chi connectivity index (χ4v) is 1.54. The fourth-order valence-electron chi connectivity index (χ4n) is 1.18. The second-order valence-corrected chi connectivity index (χ2v) is 4.13. The highest BCUT2D eigenvalue weighted by Gasteiger charge is 2.02. The molecule has 14 heavy (non-hydrogen) atoms. The van der Waals surface area contributed by atoms with Crippen molar-refractivity contribution >= 4 is 21.6 Å². The van der Waals surface area contributed by atoms with Crippen LogP contribution < -0.4 is 5.32 Å². The Morgan fingerprint density at radius 2 is 2.36 bits per heavy atom. The van der Waals surface area contributed by atoms with Crippen molar-refractivity contribution in [1.29, 1.82) is 0 Å². The zero-order valence-electron chi connectivity index (χ0n) is 8.20. The second kappa shape index (κ2) is 5.98. The first-order valence-corrected chi connectivity index (χ1v) is 5.54. The highest BCUT2D eigenvalue weighted by Crippen LogP contribution is 2.13. The van der Waals surface area contributed by atoms with Crippen LogP contribution >= 0.6 is 15.9 Å². The van der Waals surface area contributed by atoms with E-state index in [2.05, 4.69) is 33.2 Å². The van der Waals surface area contributed by atoms with Crippen LogP contribution in [0, 0.1) is 0 Å². The van der Waals surface area contributed by atoms with Gasteiger partial charge in [0.05, 0.1) is 18.0 Å². The molecule has 4 heteroatoms. The van der Waals surface area contributed by atoms with E-state index in [0.717, 1.165) is 23.0 Å². The normalized spacial score (nSPS) is 12.5. The molecule has 0 amide bonds. The maximum atomic E-state index is 9.49. The van der Waals surface area contributed by atoms with Crippen LogP contribution in [0.2, 0.25) is 0 Å². The fraction of sp³-hybridized carbons (Fsp3) is 0.500. The number of aliphatic hydroxyl groups is 1. The van der Waals surface area contributed by atoms with Crippen molar-refractivity contribution in [2.24, 2.45) is 0 Å². The summed E-state index contributed by atoms with van der Waals surface area (Å²) in [6, 6.07) is 1.94. The summed E-state index contributed by atoms with van der Waals surface area (Å²) in [5.41, 5.74) is 0.925. The number of rotatable bonds is 5. The predicted octanol–water partition coefficient (Wildman–Crippen LogP) is 2.42. The summed E-state index contributed by atoms with van der Waals surface area (Å²) in [5, 5.41) is 12.6. The van der Waals surface area contributed by atoms with Crippen molar-refractivity contribution in [3.8, 4) is 0 Å². The highest BCUT2D eigenvalue weighted by molar-refractivity contribution is 9.10. The molecule has 0 aromatic carbocycles. The molecule has 0 saturated heterocycles. The van der Waals surface area contributed by atoms with Crippen molar-refractivity contribution in [3.05, 3.63) is 22.9 Å². The molecule has 2 N–H and O–H groups in total. The van der Waals surface area contributed by atoms with E-state index in [4.69, 9.17) is 0 Å². The third-order valence-corrected chi connectivity index (χ3v) is 2.30. The number of hydrogen-bond donors (Lipinski definition) is 2. The average Bonchev–Trinajstić information content (AvgIpc) is 2.15. The van der Waals surface area contributed by atoms with Crippen LogP contribution in [0.15, 0.2) is 22.9 Å². The quantitative estimate of drug-likeness (QED) is 0.853. The Morgan fingerprint density at radius 3 is 3.00 bits per heavy atom. The van der Waals surface area contributed by atoms with Gasteiger partial charge < -0.3 is 10.4 Å². The SMILES string of the molecule is CCC[C@@H](O)CNc1cncc(Br)c1. The van der Waals surface area contributed by atoms with Crippen molar-refractivity contribution in [2.45, 2.75) is 25.9 Å². The molecule has 0 unspecified atom stereocenters. The standard InChI is InChI=1S/C10H15BrN2O/c1-2-3-10(14)7-13-9-4-8(11)5-12-6-9/h4-6,10,13-14H,2-3,7H2,1H3/t10-/m1/s1. The van der Waals surface area contributed by atoms with Gasteiger partial charge in [-0.05, 0) is 28.4 Å². The van der Waals surface area contributed by atoms with Gasteiger partial charge in [-0.1, -0.05) is 13.3 Å². The second-order valence-electron chi connectivity index (χ2n) is 3.22. The number of nitrogens with one attached hydrogen (secondary N) is 1. The minimum atomic E-state index is -0.279. The first-order valence-electron chi connectivity index (χ1n) is 4.75. The largest absolute Gasteiger partial charge is 0.391 e. The number of anilines is 1. The van der Waals surface area contributed by atoms with Gasteiger partial charge in [-0.3, -0.25) is 4.98 Å². The molecule has 0 aliphatic carbocycles. The van der Waals surface area contributed by atoms with Crippen LogP contribution in [-0.2, 0) is 0 Å². The minimum Gasteiger partial charge on any atom is -0.391 e. The van der Waals surface area contributed by atoms with Gasteiger partial charge in [-0.2, -0.15) is 0 Å². The van der Waals surface area contributed by atoms with Crippen LogP contribution in [0.1, 0.15) is 19.8 Å². The Morgan fingerprint density at radius 1 is 1.57 bits per heavy atom. The first-order chi connectivity index (χ1) is 6.72. The molecule has 1 heterocycles. The molecule has 1 aromatic heterocycles. The summed E-state index contributed by atoms with van der Waals surface area (Å²) in [7, 11) is 0. The molecule has 1 atom stereocenters. The van der Waals surface area contributed by atoms with E-state index in [0.29, 0.717) is 6.54 Å². The highest BCUT2D eigenvalue weighted by atomic mass is 79.9. The number of pyridine rings is 1. The van der Waals surface area contributed by atoms with Crippen LogP contribution in [-0.4, -0.2) is 22.7 Å². The van der Waals surface area contributed by atoms with Crippen LogP contribution in [0.3, 0.4) is 0 Å². The molecular weight excluding hydrogens is 244 g/mol. The average molecular weight is 259 g/mol. The predicted molar refractivity (Wildman–Crippen MR) is 61.3 cm³/mol. The molecular formula is C10H15BrN2O. The smallest absolute Gasteiger partial charge is 0.0712 e. The Bertz CT molecular complexity index is 281. The molecule has 0 aliphatic rings. The molecule has 0 fully saturated rings. The van der Waals surface area contributed by atoms with Gasteiger partial charge in [0.25, 0.3) is 0 Å². The number of nitrogens with zero attached hydrogens (tertiary/aromatic N) is 1. The maximum absolute atomic E-state index is 9.49. The van der Waals surface area contributed by atoms with Gasteiger partial charge >= 0.3 is 0 Å². The van der Waals surface area contributed by atoms with E-state index in [1.807, 2.05) is 6.07 Å². The third-order valence-electron chi connectivity index (χ3n) is 1.87. The van der Waals surface area contributed by atoms with E-state index < -0.39 is 0 Å².